The summed E-state index contributed by atoms with van der Waals surface area (Å²) >= 11 is 0. The number of hydrogen-bond donors (Lipinski definition) is 0. The summed E-state index contributed by atoms with van der Waals surface area (Å²) in [7, 11) is 0. The largest absolute Gasteiger partial charge is 0.490 e. The van der Waals surface area contributed by atoms with Gasteiger partial charge in [-0.15, -0.1) is 0 Å². The first kappa shape index (κ1) is 22.1. The number of para-hydroxylation sites is 1. The van der Waals surface area contributed by atoms with Crippen molar-refractivity contribution in [2.45, 2.75) is 20.0 Å². The van der Waals surface area contributed by atoms with E-state index in [0.717, 1.165) is 23.2 Å². The summed E-state index contributed by atoms with van der Waals surface area (Å²) in [6, 6.07) is 21.1. The fourth-order valence-corrected chi connectivity index (χ4v) is 3.75. The first-order valence-corrected chi connectivity index (χ1v) is 10.7. The number of anilines is 1. The number of carbonyl (C=O) groups excluding carboxylic acids is 1. The van der Waals surface area contributed by atoms with Crippen LogP contribution in [-0.2, 0) is 17.8 Å². The second-order valence-corrected chi connectivity index (χ2v) is 7.56. The number of halogens is 1. The molecule has 0 aliphatic carbocycles. The molecule has 0 saturated carbocycles. The molecular weight excluding hydrogens is 419 g/mol. The van der Waals surface area contributed by atoms with Crippen molar-refractivity contribution in [3.8, 4) is 17.6 Å². The second kappa shape index (κ2) is 10.0. The molecule has 0 radical (unpaired) electrons. The first-order chi connectivity index (χ1) is 16.1. The SMILES string of the molecule is CCOc1cc(C=C(C#N)C(=O)N2CCc3ccccc32)ccc1OCc1ccc(F)cc1. The van der Waals surface area contributed by atoms with Crippen LogP contribution in [0.3, 0.4) is 0 Å². The molecule has 0 aromatic heterocycles. The number of carbonyl (C=O) groups is 1. The Kier molecular flexibility index (Phi) is 6.70. The Morgan fingerprint density at radius 3 is 2.64 bits per heavy atom. The number of hydrogen-bond acceptors (Lipinski definition) is 4. The quantitative estimate of drug-likeness (QED) is 0.368. The van der Waals surface area contributed by atoms with Crippen LogP contribution in [-0.4, -0.2) is 19.1 Å². The zero-order valence-electron chi connectivity index (χ0n) is 18.3. The predicted octanol–water partition coefficient (Wildman–Crippen LogP) is 5.30. The molecule has 1 amide bonds. The van der Waals surface area contributed by atoms with Gasteiger partial charge in [0, 0.05) is 12.2 Å². The molecule has 1 heterocycles. The zero-order valence-corrected chi connectivity index (χ0v) is 18.3. The average Bonchev–Trinajstić information content (AvgIpc) is 3.27. The molecule has 3 aromatic rings. The summed E-state index contributed by atoms with van der Waals surface area (Å²) in [5.74, 6) is 0.406. The topological polar surface area (TPSA) is 62.6 Å². The van der Waals surface area contributed by atoms with E-state index in [1.54, 1.807) is 41.3 Å². The molecule has 5 nitrogen and oxygen atoms in total. The zero-order chi connectivity index (χ0) is 23.2. The molecular formula is C27H23FN2O3. The second-order valence-electron chi connectivity index (χ2n) is 7.56. The van der Waals surface area contributed by atoms with E-state index in [1.165, 1.54) is 12.1 Å². The average molecular weight is 442 g/mol. The standard InChI is InChI=1S/C27H23FN2O3/c1-2-32-26-16-20(9-12-25(26)33-18-19-7-10-23(28)11-8-19)15-22(17-29)27(31)30-14-13-21-5-3-4-6-24(21)30/h3-12,15-16H,2,13-14,18H2,1H3. The highest BCUT2D eigenvalue weighted by molar-refractivity contribution is 6.12. The molecule has 3 aromatic carbocycles. The minimum Gasteiger partial charge on any atom is -0.490 e. The van der Waals surface area contributed by atoms with Crippen molar-refractivity contribution >= 4 is 17.7 Å². The van der Waals surface area contributed by atoms with Crippen molar-refractivity contribution < 1.29 is 18.7 Å². The van der Waals surface area contributed by atoms with Crippen LogP contribution in [0.1, 0.15) is 23.6 Å². The van der Waals surface area contributed by atoms with E-state index >= 15 is 0 Å². The Bertz CT molecular complexity index is 1230. The minimum atomic E-state index is -0.322. The number of benzene rings is 3. The molecule has 6 heteroatoms. The van der Waals surface area contributed by atoms with Crippen LogP contribution in [0, 0.1) is 17.1 Å². The van der Waals surface area contributed by atoms with Crippen molar-refractivity contribution in [1.82, 2.24) is 0 Å². The monoisotopic (exact) mass is 442 g/mol. The highest BCUT2D eigenvalue weighted by Crippen LogP contribution is 2.32. The lowest BCUT2D eigenvalue weighted by Gasteiger charge is -2.17. The third-order valence-electron chi connectivity index (χ3n) is 5.37. The first-order valence-electron chi connectivity index (χ1n) is 10.7. The van der Waals surface area contributed by atoms with Crippen LogP contribution >= 0.6 is 0 Å². The predicted molar refractivity (Wildman–Crippen MR) is 124 cm³/mol. The van der Waals surface area contributed by atoms with E-state index in [-0.39, 0.29) is 23.9 Å². The summed E-state index contributed by atoms with van der Waals surface area (Å²) in [6.45, 7) is 3.10. The van der Waals surface area contributed by atoms with Gasteiger partial charge in [-0.2, -0.15) is 5.26 Å². The lowest BCUT2D eigenvalue weighted by Crippen LogP contribution is -2.29. The Hall–Kier alpha value is -4.11. The van der Waals surface area contributed by atoms with Crippen molar-refractivity contribution in [2.24, 2.45) is 0 Å². The summed E-state index contributed by atoms with van der Waals surface area (Å²) in [6.07, 6.45) is 2.34. The summed E-state index contributed by atoms with van der Waals surface area (Å²) < 4.78 is 24.7. The number of rotatable bonds is 7. The summed E-state index contributed by atoms with van der Waals surface area (Å²) in [5.41, 5.74) is 3.48. The van der Waals surface area contributed by atoms with Gasteiger partial charge in [0.05, 0.1) is 6.61 Å². The van der Waals surface area contributed by atoms with E-state index in [1.807, 2.05) is 37.3 Å². The van der Waals surface area contributed by atoms with E-state index in [4.69, 9.17) is 9.47 Å². The third-order valence-corrected chi connectivity index (χ3v) is 5.37. The van der Waals surface area contributed by atoms with Crippen molar-refractivity contribution in [3.63, 3.8) is 0 Å². The van der Waals surface area contributed by atoms with Gasteiger partial charge in [0.15, 0.2) is 11.5 Å². The van der Waals surface area contributed by atoms with Gasteiger partial charge in [-0.25, -0.2) is 4.39 Å². The fraction of sp³-hybridized carbons (Fsp3) is 0.185. The molecule has 33 heavy (non-hydrogen) atoms. The molecule has 0 fully saturated rings. The number of fused-ring (bicyclic) bond motifs is 1. The summed E-state index contributed by atoms with van der Waals surface area (Å²) in [5, 5.41) is 9.67. The Balaban J connectivity index is 1.55. The molecule has 1 aliphatic rings. The van der Waals surface area contributed by atoms with Crippen LogP contribution in [0.4, 0.5) is 10.1 Å². The maximum absolute atomic E-state index is 13.1. The van der Waals surface area contributed by atoms with Crippen molar-refractivity contribution in [3.05, 3.63) is 94.8 Å². The molecule has 4 rings (SSSR count). The van der Waals surface area contributed by atoms with Crippen molar-refractivity contribution in [1.29, 1.82) is 5.26 Å². The Labute approximate surface area is 192 Å². The number of ether oxygens (including phenoxy) is 2. The van der Waals surface area contributed by atoms with Gasteiger partial charge < -0.3 is 14.4 Å². The van der Waals surface area contributed by atoms with E-state index in [2.05, 4.69) is 0 Å². The molecule has 1 aliphatic heterocycles. The normalized spacial score (nSPS) is 12.8. The van der Waals surface area contributed by atoms with Gasteiger partial charge in [0.1, 0.15) is 24.1 Å². The number of amides is 1. The van der Waals surface area contributed by atoms with E-state index in [0.29, 0.717) is 30.2 Å². The van der Waals surface area contributed by atoms with Gasteiger partial charge in [0.25, 0.3) is 5.91 Å². The number of nitriles is 1. The molecule has 0 bridgehead atoms. The van der Waals surface area contributed by atoms with Crippen LogP contribution in [0.5, 0.6) is 11.5 Å². The van der Waals surface area contributed by atoms with Gasteiger partial charge >= 0.3 is 0 Å². The highest BCUT2D eigenvalue weighted by atomic mass is 19.1. The Morgan fingerprint density at radius 2 is 1.88 bits per heavy atom. The van der Waals surface area contributed by atoms with Crippen LogP contribution in [0.15, 0.2) is 72.3 Å². The van der Waals surface area contributed by atoms with Crippen LogP contribution < -0.4 is 14.4 Å². The maximum Gasteiger partial charge on any atom is 0.268 e. The van der Waals surface area contributed by atoms with Crippen LogP contribution in [0.25, 0.3) is 6.08 Å². The van der Waals surface area contributed by atoms with Crippen molar-refractivity contribution in [2.75, 3.05) is 18.1 Å². The van der Waals surface area contributed by atoms with Gasteiger partial charge in [0.2, 0.25) is 0 Å². The molecule has 0 unspecified atom stereocenters. The summed E-state index contributed by atoms with van der Waals surface area (Å²) in [4.78, 5) is 14.7. The Morgan fingerprint density at radius 1 is 1.09 bits per heavy atom. The van der Waals surface area contributed by atoms with Gasteiger partial charge in [-0.05, 0) is 66.4 Å². The molecule has 0 spiro atoms. The molecule has 0 atom stereocenters. The van der Waals surface area contributed by atoms with Gasteiger partial charge in [-0.3, -0.25) is 4.79 Å². The number of nitrogens with zero attached hydrogens (tertiary/aromatic N) is 2. The minimum absolute atomic E-state index is 0.0501. The van der Waals surface area contributed by atoms with Crippen LogP contribution in [0.2, 0.25) is 0 Å². The lowest BCUT2D eigenvalue weighted by molar-refractivity contribution is -0.114. The molecule has 0 saturated heterocycles. The lowest BCUT2D eigenvalue weighted by atomic mass is 10.1. The highest BCUT2D eigenvalue weighted by Gasteiger charge is 2.26. The van der Waals surface area contributed by atoms with E-state index in [9.17, 15) is 14.4 Å². The molecule has 0 N–H and O–H groups in total. The van der Waals surface area contributed by atoms with E-state index < -0.39 is 0 Å². The maximum atomic E-state index is 13.1. The fourth-order valence-electron chi connectivity index (χ4n) is 3.75. The molecule has 166 valence electrons. The van der Waals surface area contributed by atoms with Gasteiger partial charge in [-0.1, -0.05) is 36.4 Å². The smallest absolute Gasteiger partial charge is 0.268 e. The third kappa shape index (κ3) is 5.04.